The fourth-order valence-electron chi connectivity index (χ4n) is 5.10. The minimum Gasteiger partial charge on any atom is -0.395 e. The Bertz CT molecular complexity index is 1440. The Morgan fingerprint density at radius 1 is 1.00 bits per heavy atom. The first kappa shape index (κ1) is 25.6. The summed E-state index contributed by atoms with van der Waals surface area (Å²) in [5.41, 5.74) is 4.81. The fourth-order valence-corrected chi connectivity index (χ4v) is 5.10. The number of nitrogens with one attached hydrogen (secondary N) is 1. The number of aliphatic hydroxyl groups excluding tert-OH is 1. The third-order valence-electron chi connectivity index (χ3n) is 7.30. The first-order chi connectivity index (χ1) is 18.4. The lowest BCUT2D eigenvalue weighted by Gasteiger charge is -2.32. The topological polar surface area (TPSA) is 87.5 Å². The number of halogens is 1. The maximum absolute atomic E-state index is 13.2. The Balaban J connectivity index is 1.18. The Morgan fingerprint density at radius 3 is 2.32 bits per heavy atom. The van der Waals surface area contributed by atoms with Gasteiger partial charge in [-0.05, 0) is 78.8 Å². The van der Waals surface area contributed by atoms with Crippen molar-refractivity contribution in [2.45, 2.75) is 26.3 Å². The van der Waals surface area contributed by atoms with Gasteiger partial charge in [-0.2, -0.15) is 5.10 Å². The molecule has 4 aromatic rings. The molecule has 38 heavy (non-hydrogen) atoms. The molecule has 7 nitrogen and oxygen atoms in total. The molecule has 0 aliphatic carbocycles. The molecule has 1 saturated heterocycles. The number of nitrogens with zero attached hydrogens (tertiary/aromatic N) is 3. The van der Waals surface area contributed by atoms with Crippen LogP contribution in [0.1, 0.15) is 39.1 Å². The molecule has 2 amide bonds. The van der Waals surface area contributed by atoms with Crippen molar-refractivity contribution < 1.29 is 19.1 Å². The number of benzene rings is 3. The number of carbonyl (C=O) groups excluding carboxylic acids is 2. The summed E-state index contributed by atoms with van der Waals surface area (Å²) >= 11 is 0. The lowest BCUT2D eigenvalue weighted by molar-refractivity contribution is 0.0681. The number of amides is 2. The highest BCUT2D eigenvalue weighted by Crippen LogP contribution is 2.25. The van der Waals surface area contributed by atoms with Gasteiger partial charge in [0.15, 0.2) is 0 Å². The third kappa shape index (κ3) is 5.45. The smallest absolute Gasteiger partial charge is 0.253 e. The van der Waals surface area contributed by atoms with E-state index in [1.54, 1.807) is 18.2 Å². The minimum atomic E-state index is -0.270. The molecule has 1 fully saturated rings. The SMILES string of the molecule is Cc1c(C(=O)NCCO)ccc2nn(CC3CCN(C(=O)c4ccc(-c5ccc(F)cc5)cc4)CC3)cc12. The van der Waals surface area contributed by atoms with E-state index in [1.165, 1.54) is 12.1 Å². The average Bonchev–Trinajstić information content (AvgIpc) is 3.36. The molecule has 1 aliphatic rings. The summed E-state index contributed by atoms with van der Waals surface area (Å²) in [4.78, 5) is 27.4. The van der Waals surface area contributed by atoms with Gasteiger partial charge < -0.3 is 15.3 Å². The van der Waals surface area contributed by atoms with E-state index in [0.717, 1.165) is 47.0 Å². The van der Waals surface area contributed by atoms with Crippen LogP contribution >= 0.6 is 0 Å². The van der Waals surface area contributed by atoms with E-state index < -0.39 is 0 Å². The fraction of sp³-hybridized carbons (Fsp3) is 0.300. The molecule has 0 atom stereocenters. The summed E-state index contributed by atoms with van der Waals surface area (Å²) in [5, 5.41) is 17.3. The highest BCUT2D eigenvalue weighted by Gasteiger charge is 2.24. The molecule has 3 aromatic carbocycles. The molecule has 5 rings (SSSR count). The summed E-state index contributed by atoms with van der Waals surface area (Å²) < 4.78 is 15.1. The van der Waals surface area contributed by atoms with Crippen LogP contribution in [0.3, 0.4) is 0 Å². The summed E-state index contributed by atoms with van der Waals surface area (Å²) in [6.45, 7) is 4.18. The normalized spacial score (nSPS) is 14.1. The van der Waals surface area contributed by atoms with Gasteiger partial charge in [0, 0.05) is 48.9 Å². The van der Waals surface area contributed by atoms with Crippen molar-refractivity contribution in [3.63, 3.8) is 0 Å². The van der Waals surface area contributed by atoms with E-state index in [4.69, 9.17) is 10.2 Å². The summed E-state index contributed by atoms with van der Waals surface area (Å²) in [6, 6.07) is 17.4. The molecule has 2 N–H and O–H groups in total. The number of hydrogen-bond donors (Lipinski definition) is 2. The molecule has 0 saturated carbocycles. The predicted molar refractivity (Wildman–Crippen MR) is 144 cm³/mol. The zero-order valence-corrected chi connectivity index (χ0v) is 21.4. The molecular formula is C30H31FN4O3. The van der Waals surface area contributed by atoms with E-state index in [1.807, 2.05) is 53.0 Å². The second kappa shape index (κ2) is 11.1. The number of piperidine rings is 1. The second-order valence-corrected chi connectivity index (χ2v) is 9.82. The number of carbonyl (C=O) groups is 2. The van der Waals surface area contributed by atoms with Gasteiger partial charge in [0.05, 0.1) is 12.1 Å². The van der Waals surface area contributed by atoms with Crippen LogP contribution in [-0.2, 0) is 6.54 Å². The third-order valence-corrected chi connectivity index (χ3v) is 7.30. The zero-order valence-electron chi connectivity index (χ0n) is 21.4. The largest absolute Gasteiger partial charge is 0.395 e. The maximum atomic E-state index is 13.2. The van der Waals surface area contributed by atoms with Gasteiger partial charge in [0.1, 0.15) is 5.82 Å². The molecule has 1 aromatic heterocycles. The summed E-state index contributed by atoms with van der Waals surface area (Å²) in [6.07, 6.45) is 3.78. The van der Waals surface area contributed by atoms with Gasteiger partial charge in [-0.3, -0.25) is 14.3 Å². The van der Waals surface area contributed by atoms with Crippen molar-refractivity contribution in [3.8, 4) is 11.1 Å². The number of rotatable bonds is 7. The highest BCUT2D eigenvalue weighted by molar-refractivity contribution is 6.00. The van der Waals surface area contributed by atoms with Crippen molar-refractivity contribution in [2.24, 2.45) is 5.92 Å². The van der Waals surface area contributed by atoms with Gasteiger partial charge in [0.2, 0.25) is 0 Å². The Morgan fingerprint density at radius 2 is 1.66 bits per heavy atom. The van der Waals surface area contributed by atoms with Crippen molar-refractivity contribution in [1.82, 2.24) is 20.0 Å². The second-order valence-electron chi connectivity index (χ2n) is 9.82. The summed E-state index contributed by atoms with van der Waals surface area (Å²) in [5.74, 6) is -0.0369. The van der Waals surface area contributed by atoms with Crippen LogP contribution in [0.2, 0.25) is 0 Å². The van der Waals surface area contributed by atoms with Crippen LogP contribution in [0.25, 0.3) is 22.0 Å². The molecule has 0 spiro atoms. The number of aromatic nitrogens is 2. The van der Waals surface area contributed by atoms with E-state index in [9.17, 15) is 14.0 Å². The van der Waals surface area contributed by atoms with Crippen LogP contribution in [0.4, 0.5) is 4.39 Å². The Hall–Kier alpha value is -4.04. The quantitative estimate of drug-likeness (QED) is 0.382. The number of fused-ring (bicyclic) bond motifs is 1. The molecular weight excluding hydrogens is 483 g/mol. The first-order valence-electron chi connectivity index (χ1n) is 12.9. The highest BCUT2D eigenvalue weighted by atomic mass is 19.1. The van der Waals surface area contributed by atoms with Gasteiger partial charge in [-0.1, -0.05) is 24.3 Å². The lowest BCUT2D eigenvalue weighted by Crippen LogP contribution is -2.39. The molecule has 2 heterocycles. The average molecular weight is 515 g/mol. The van der Waals surface area contributed by atoms with E-state index >= 15 is 0 Å². The Kier molecular flexibility index (Phi) is 7.51. The summed E-state index contributed by atoms with van der Waals surface area (Å²) in [7, 11) is 0. The number of aryl methyl sites for hydroxylation is 1. The van der Waals surface area contributed by atoms with Gasteiger partial charge in [0.25, 0.3) is 11.8 Å². The van der Waals surface area contributed by atoms with E-state index in [2.05, 4.69) is 5.32 Å². The van der Waals surface area contributed by atoms with Crippen LogP contribution in [0.5, 0.6) is 0 Å². The maximum Gasteiger partial charge on any atom is 0.253 e. The number of aliphatic hydroxyl groups is 1. The predicted octanol–water partition coefficient (Wildman–Crippen LogP) is 4.43. The van der Waals surface area contributed by atoms with Gasteiger partial charge in [-0.25, -0.2) is 4.39 Å². The Labute approximate surface area is 220 Å². The lowest BCUT2D eigenvalue weighted by atomic mass is 9.96. The molecule has 0 radical (unpaired) electrons. The standard InChI is InChI=1S/C30H31FN4O3/c1-20-26(29(37)32-14-17-36)10-11-28-27(20)19-35(33-28)18-21-12-15-34(16-13-21)30(38)24-4-2-22(3-5-24)23-6-8-25(31)9-7-23/h2-11,19,21,36H,12-18H2,1H3,(H,32,37). The first-order valence-corrected chi connectivity index (χ1v) is 12.9. The van der Waals surface area contributed by atoms with Crippen molar-refractivity contribution in [1.29, 1.82) is 0 Å². The van der Waals surface area contributed by atoms with Crippen LogP contribution in [-0.4, -0.2) is 57.8 Å². The van der Waals surface area contributed by atoms with Crippen LogP contribution in [0.15, 0.2) is 66.9 Å². The molecule has 0 bridgehead atoms. The molecule has 196 valence electrons. The molecule has 1 aliphatic heterocycles. The van der Waals surface area contributed by atoms with Gasteiger partial charge >= 0.3 is 0 Å². The number of likely N-dealkylation sites (tertiary alicyclic amines) is 1. The minimum absolute atomic E-state index is 0.0292. The van der Waals surface area contributed by atoms with Crippen LogP contribution < -0.4 is 5.32 Å². The van der Waals surface area contributed by atoms with E-state index in [0.29, 0.717) is 30.1 Å². The van der Waals surface area contributed by atoms with Crippen molar-refractivity contribution in [3.05, 3.63) is 89.4 Å². The van der Waals surface area contributed by atoms with Crippen molar-refractivity contribution >= 4 is 22.7 Å². The monoisotopic (exact) mass is 514 g/mol. The molecule has 8 heteroatoms. The van der Waals surface area contributed by atoms with Gasteiger partial charge in [-0.15, -0.1) is 0 Å². The van der Waals surface area contributed by atoms with Crippen molar-refractivity contribution in [2.75, 3.05) is 26.2 Å². The molecule has 0 unspecified atom stereocenters. The number of hydrogen-bond acceptors (Lipinski definition) is 4. The van der Waals surface area contributed by atoms with E-state index in [-0.39, 0.29) is 30.8 Å². The zero-order chi connectivity index (χ0) is 26.6. The van der Waals surface area contributed by atoms with Crippen LogP contribution in [0, 0.1) is 18.7 Å².